The van der Waals surface area contributed by atoms with Crippen LogP contribution in [0.1, 0.15) is 30.9 Å². The van der Waals surface area contributed by atoms with Crippen molar-refractivity contribution in [1.29, 1.82) is 0 Å². The standard InChI is InChI=1S/C28H36N2O6S2/c1-5-37-17-19-15-23(34-2)25(24(16-19)35-3)20-8-6-18(7-9-20)14-22(28(32)33)29-27(31)26(30-36-4)21-10-12-38-13-11-21/h6-9,15-16,21-22H,5,10-14,17H2,1-4H3,(H,29,31)(H,32,33)/t22-/m0/s1. The van der Waals surface area contributed by atoms with Gasteiger partial charge in [0.2, 0.25) is 0 Å². The van der Waals surface area contributed by atoms with Crippen LogP contribution in [-0.4, -0.2) is 67.3 Å². The van der Waals surface area contributed by atoms with Crippen LogP contribution >= 0.6 is 23.5 Å². The van der Waals surface area contributed by atoms with Gasteiger partial charge in [0.25, 0.3) is 5.91 Å². The minimum Gasteiger partial charge on any atom is -0.496 e. The number of carbonyl (C=O) groups is 2. The van der Waals surface area contributed by atoms with Gasteiger partial charge in [-0.3, -0.25) is 4.79 Å². The molecule has 1 amide bonds. The minimum absolute atomic E-state index is 0.0400. The molecule has 0 saturated carbocycles. The molecule has 3 rings (SSSR count). The Kier molecular flexibility index (Phi) is 11.7. The Morgan fingerprint density at radius 2 is 1.71 bits per heavy atom. The average Bonchev–Trinajstić information content (AvgIpc) is 2.94. The number of nitrogens with zero attached hydrogens (tertiary/aromatic N) is 1. The summed E-state index contributed by atoms with van der Waals surface area (Å²) < 4.78 is 11.4. The molecule has 0 aromatic heterocycles. The van der Waals surface area contributed by atoms with E-state index < -0.39 is 17.9 Å². The molecule has 1 fully saturated rings. The summed E-state index contributed by atoms with van der Waals surface area (Å²) in [5.41, 5.74) is 3.87. The Labute approximate surface area is 232 Å². The van der Waals surface area contributed by atoms with Crippen LogP contribution in [0.4, 0.5) is 0 Å². The van der Waals surface area contributed by atoms with Crippen LogP contribution in [0.3, 0.4) is 0 Å². The maximum absolute atomic E-state index is 13.0. The Morgan fingerprint density at radius 1 is 1.08 bits per heavy atom. The van der Waals surface area contributed by atoms with Crippen LogP contribution in [0.15, 0.2) is 41.6 Å². The lowest BCUT2D eigenvalue weighted by Crippen LogP contribution is -2.47. The van der Waals surface area contributed by atoms with Crippen molar-refractivity contribution in [1.82, 2.24) is 5.32 Å². The third-order valence-corrected chi connectivity index (χ3v) is 8.35. The normalized spacial score (nSPS) is 15.0. The van der Waals surface area contributed by atoms with Crippen molar-refractivity contribution in [3.63, 3.8) is 0 Å². The van der Waals surface area contributed by atoms with Crippen molar-refractivity contribution in [3.05, 3.63) is 47.5 Å². The summed E-state index contributed by atoms with van der Waals surface area (Å²) in [6.07, 6.45) is 1.75. The van der Waals surface area contributed by atoms with E-state index in [0.717, 1.165) is 58.1 Å². The SMILES string of the molecule is CCSCc1cc(OC)c(-c2ccc(C[C@H](NC(=O)C(=NOC)C3CCSCC3)C(=O)O)cc2)c(OC)c1. The van der Waals surface area contributed by atoms with Crippen LogP contribution in [-0.2, 0) is 26.6 Å². The number of methoxy groups -OCH3 is 2. The number of carboxylic acid groups (broad SMARTS) is 1. The summed E-state index contributed by atoms with van der Waals surface area (Å²) in [6, 6.07) is 10.5. The van der Waals surface area contributed by atoms with E-state index in [1.54, 1.807) is 14.2 Å². The van der Waals surface area contributed by atoms with Gasteiger partial charge in [-0.25, -0.2) is 4.79 Å². The fraction of sp³-hybridized carbons (Fsp3) is 0.464. The summed E-state index contributed by atoms with van der Waals surface area (Å²) >= 11 is 3.66. The molecule has 1 saturated heterocycles. The molecular formula is C28H36N2O6S2. The number of hydrogen-bond donors (Lipinski definition) is 2. The molecule has 8 nitrogen and oxygen atoms in total. The molecule has 0 radical (unpaired) electrons. The van der Waals surface area contributed by atoms with Crippen LogP contribution < -0.4 is 14.8 Å². The summed E-state index contributed by atoms with van der Waals surface area (Å²) in [5, 5.41) is 16.4. The summed E-state index contributed by atoms with van der Waals surface area (Å²) in [4.78, 5) is 29.9. The molecule has 2 aromatic rings. The number of amides is 1. The van der Waals surface area contributed by atoms with Crippen LogP contribution in [0, 0.1) is 5.92 Å². The highest BCUT2D eigenvalue weighted by Gasteiger charge is 2.29. The Bertz CT molecular complexity index is 1090. The van der Waals surface area contributed by atoms with E-state index >= 15 is 0 Å². The van der Waals surface area contributed by atoms with Crippen LogP contribution in [0.5, 0.6) is 11.5 Å². The van der Waals surface area contributed by atoms with Crippen LogP contribution in [0.25, 0.3) is 11.1 Å². The van der Waals surface area contributed by atoms with Crippen molar-refractivity contribution < 1.29 is 29.0 Å². The first-order valence-electron chi connectivity index (χ1n) is 12.6. The fourth-order valence-corrected chi connectivity index (χ4v) is 6.11. The van der Waals surface area contributed by atoms with Gasteiger partial charge in [0.05, 0.1) is 19.8 Å². The lowest BCUT2D eigenvalue weighted by atomic mass is 9.95. The van der Waals surface area contributed by atoms with Gasteiger partial charge >= 0.3 is 5.97 Å². The number of aliphatic carboxylic acids is 1. The minimum atomic E-state index is -1.11. The second-order valence-corrected chi connectivity index (χ2v) is 11.3. The van der Waals surface area contributed by atoms with E-state index in [1.807, 2.05) is 59.9 Å². The fourth-order valence-electron chi connectivity index (χ4n) is 4.40. The molecule has 0 aliphatic carbocycles. The zero-order valence-corrected chi connectivity index (χ0v) is 24.0. The first-order valence-corrected chi connectivity index (χ1v) is 14.9. The zero-order chi connectivity index (χ0) is 27.5. The predicted molar refractivity (Wildman–Crippen MR) is 155 cm³/mol. The molecule has 38 heavy (non-hydrogen) atoms. The molecule has 10 heteroatoms. The van der Waals surface area contributed by atoms with E-state index in [2.05, 4.69) is 17.4 Å². The molecule has 0 unspecified atom stereocenters. The van der Waals surface area contributed by atoms with Crippen molar-refractivity contribution in [2.75, 3.05) is 38.6 Å². The van der Waals surface area contributed by atoms with Crippen molar-refractivity contribution in [2.24, 2.45) is 11.1 Å². The average molecular weight is 561 g/mol. The van der Waals surface area contributed by atoms with Crippen molar-refractivity contribution >= 4 is 41.1 Å². The summed E-state index contributed by atoms with van der Waals surface area (Å²) in [6.45, 7) is 2.12. The number of ether oxygens (including phenoxy) is 2. The lowest BCUT2D eigenvalue weighted by Gasteiger charge is -2.23. The lowest BCUT2D eigenvalue weighted by molar-refractivity contribution is -0.141. The number of carboxylic acids is 1. The highest BCUT2D eigenvalue weighted by atomic mass is 32.2. The monoisotopic (exact) mass is 560 g/mol. The third kappa shape index (κ3) is 7.83. The topological polar surface area (TPSA) is 106 Å². The Morgan fingerprint density at radius 3 is 2.24 bits per heavy atom. The highest BCUT2D eigenvalue weighted by molar-refractivity contribution is 7.99. The Hall–Kier alpha value is -2.85. The number of thioether (sulfide) groups is 2. The van der Waals surface area contributed by atoms with Gasteiger partial charge < -0.3 is 24.7 Å². The van der Waals surface area contributed by atoms with Gasteiger partial charge in [0.1, 0.15) is 30.4 Å². The van der Waals surface area contributed by atoms with Gasteiger partial charge in [-0.05, 0) is 58.9 Å². The number of hydrogen-bond acceptors (Lipinski definition) is 8. The van der Waals surface area contributed by atoms with E-state index in [4.69, 9.17) is 14.3 Å². The van der Waals surface area contributed by atoms with E-state index in [-0.39, 0.29) is 18.1 Å². The van der Waals surface area contributed by atoms with Crippen LogP contribution in [0.2, 0.25) is 0 Å². The molecule has 206 valence electrons. The third-order valence-electron chi connectivity index (χ3n) is 6.35. The first kappa shape index (κ1) is 29.7. The molecule has 1 atom stereocenters. The molecule has 1 aliphatic heterocycles. The van der Waals surface area contributed by atoms with E-state index in [0.29, 0.717) is 11.5 Å². The quantitative estimate of drug-likeness (QED) is 0.264. The number of carbonyl (C=O) groups excluding carboxylic acids is 1. The van der Waals surface area contributed by atoms with Crippen molar-refractivity contribution in [2.45, 2.75) is 38.0 Å². The molecular weight excluding hydrogens is 524 g/mol. The maximum Gasteiger partial charge on any atom is 0.326 e. The van der Waals surface area contributed by atoms with Gasteiger partial charge in [0, 0.05) is 18.1 Å². The van der Waals surface area contributed by atoms with E-state index in [9.17, 15) is 14.7 Å². The molecule has 2 N–H and O–H groups in total. The summed E-state index contributed by atoms with van der Waals surface area (Å²) in [7, 11) is 4.66. The number of oxime groups is 1. The first-order chi connectivity index (χ1) is 18.4. The summed E-state index contributed by atoms with van der Waals surface area (Å²) in [5.74, 6) is 3.54. The number of benzene rings is 2. The van der Waals surface area contributed by atoms with Gasteiger partial charge in [-0.15, -0.1) is 0 Å². The van der Waals surface area contributed by atoms with Gasteiger partial charge in [-0.2, -0.15) is 23.5 Å². The molecule has 2 aromatic carbocycles. The Balaban J connectivity index is 1.78. The number of nitrogens with one attached hydrogen (secondary N) is 1. The predicted octanol–water partition coefficient (Wildman–Crippen LogP) is 4.88. The molecule has 0 spiro atoms. The molecule has 1 heterocycles. The van der Waals surface area contributed by atoms with Crippen molar-refractivity contribution in [3.8, 4) is 22.6 Å². The zero-order valence-electron chi connectivity index (χ0n) is 22.3. The maximum atomic E-state index is 13.0. The van der Waals surface area contributed by atoms with Gasteiger partial charge in [0.15, 0.2) is 0 Å². The second-order valence-electron chi connectivity index (χ2n) is 8.82. The van der Waals surface area contributed by atoms with Gasteiger partial charge in [-0.1, -0.05) is 36.3 Å². The molecule has 0 bridgehead atoms. The number of rotatable bonds is 13. The smallest absolute Gasteiger partial charge is 0.326 e. The highest BCUT2D eigenvalue weighted by Crippen LogP contribution is 2.40. The van der Waals surface area contributed by atoms with E-state index in [1.165, 1.54) is 7.11 Å². The second kappa shape index (κ2) is 14.9. The largest absolute Gasteiger partial charge is 0.496 e. The molecule has 1 aliphatic rings.